The van der Waals surface area contributed by atoms with Crippen molar-refractivity contribution >= 4 is 29.6 Å². The summed E-state index contributed by atoms with van der Waals surface area (Å²) in [5.41, 5.74) is 1.68. The van der Waals surface area contributed by atoms with Crippen molar-refractivity contribution < 1.29 is 19.1 Å². The van der Waals surface area contributed by atoms with Gasteiger partial charge in [0.25, 0.3) is 11.8 Å². The predicted octanol–water partition coefficient (Wildman–Crippen LogP) is 1.39. The number of rotatable bonds is 4. The Kier molecular flexibility index (Phi) is 4.85. The maximum atomic E-state index is 12.6. The average molecular weight is 343 g/mol. The van der Waals surface area contributed by atoms with E-state index >= 15 is 0 Å². The van der Waals surface area contributed by atoms with Gasteiger partial charge in [0.05, 0.1) is 12.6 Å². The zero-order valence-corrected chi connectivity index (χ0v) is 14.3. The van der Waals surface area contributed by atoms with E-state index in [4.69, 9.17) is 4.74 Å². The fraction of sp³-hybridized carbons (Fsp3) is 0.389. The predicted molar refractivity (Wildman–Crippen MR) is 93.0 cm³/mol. The van der Waals surface area contributed by atoms with Crippen molar-refractivity contribution in [1.29, 1.82) is 0 Å². The number of hydrogen-bond donors (Lipinski definition) is 1. The van der Waals surface area contributed by atoms with E-state index < -0.39 is 17.8 Å². The number of ether oxygens (including phenoxy) is 1. The van der Waals surface area contributed by atoms with Crippen LogP contribution in [0.25, 0.3) is 6.08 Å². The molecule has 0 bridgehead atoms. The molecule has 0 saturated carbocycles. The summed E-state index contributed by atoms with van der Waals surface area (Å²) in [5.74, 6) is -1.25. The molecule has 1 aromatic rings. The lowest BCUT2D eigenvalue weighted by atomic mass is 10.1. The van der Waals surface area contributed by atoms with E-state index in [0.29, 0.717) is 6.61 Å². The molecule has 132 valence electrons. The number of anilines is 1. The lowest BCUT2D eigenvalue weighted by Crippen LogP contribution is -2.55. The Morgan fingerprint density at radius 1 is 1.24 bits per heavy atom. The highest BCUT2D eigenvalue weighted by atomic mass is 16.5. The molecule has 0 aliphatic carbocycles. The second-order valence-corrected chi connectivity index (χ2v) is 6.35. The molecular weight excluding hydrogens is 322 g/mol. The van der Waals surface area contributed by atoms with Gasteiger partial charge in [-0.05, 0) is 36.6 Å². The van der Waals surface area contributed by atoms with E-state index in [0.717, 1.165) is 29.0 Å². The Bertz CT molecular complexity index is 718. The largest absolute Gasteiger partial charge is 0.378 e. The molecular formula is C18H21N3O4. The van der Waals surface area contributed by atoms with Crippen molar-refractivity contribution in [3.63, 3.8) is 0 Å². The Morgan fingerprint density at radius 3 is 2.56 bits per heavy atom. The van der Waals surface area contributed by atoms with Crippen LogP contribution in [0.15, 0.2) is 29.8 Å². The molecule has 1 atom stereocenters. The van der Waals surface area contributed by atoms with Gasteiger partial charge < -0.3 is 9.64 Å². The number of nitrogens with zero attached hydrogens (tertiary/aromatic N) is 2. The summed E-state index contributed by atoms with van der Waals surface area (Å²) in [5, 5.41) is 2.23. The number of barbiturate groups is 1. The smallest absolute Gasteiger partial charge is 0.331 e. The molecule has 1 N–H and O–H groups in total. The molecule has 0 radical (unpaired) electrons. The van der Waals surface area contributed by atoms with E-state index in [-0.39, 0.29) is 18.2 Å². The van der Waals surface area contributed by atoms with Crippen LogP contribution in [0.5, 0.6) is 0 Å². The number of hydrogen-bond acceptors (Lipinski definition) is 5. The standard InChI is InChI=1S/C18H21N3O4/c1-20(2)13-7-5-12(6-8-13)10-15-16(22)19-18(24)21(17(15)23)11-14-4-3-9-25-14/h5-8,10,14H,3-4,9,11H2,1-2H3,(H,19,22,24)/b15-10+/t14-/m1/s1. The zero-order chi connectivity index (χ0) is 18.0. The highest BCUT2D eigenvalue weighted by molar-refractivity contribution is 6.31. The van der Waals surface area contributed by atoms with Gasteiger partial charge in [-0.2, -0.15) is 0 Å². The summed E-state index contributed by atoms with van der Waals surface area (Å²) in [6.07, 6.45) is 3.06. The number of imide groups is 2. The molecule has 25 heavy (non-hydrogen) atoms. The fourth-order valence-electron chi connectivity index (χ4n) is 2.89. The van der Waals surface area contributed by atoms with Gasteiger partial charge in [-0.25, -0.2) is 4.79 Å². The van der Waals surface area contributed by atoms with Crippen molar-refractivity contribution in [2.24, 2.45) is 0 Å². The summed E-state index contributed by atoms with van der Waals surface area (Å²) in [4.78, 5) is 39.7. The van der Waals surface area contributed by atoms with Crippen molar-refractivity contribution in [1.82, 2.24) is 10.2 Å². The Balaban J connectivity index is 1.82. The van der Waals surface area contributed by atoms with Crippen molar-refractivity contribution in [3.8, 4) is 0 Å². The topological polar surface area (TPSA) is 79.0 Å². The molecule has 4 amide bonds. The molecule has 2 heterocycles. The number of nitrogens with one attached hydrogen (secondary N) is 1. The van der Waals surface area contributed by atoms with Crippen molar-refractivity contribution in [2.75, 3.05) is 32.1 Å². The minimum absolute atomic E-state index is 0.0461. The molecule has 1 aromatic carbocycles. The van der Waals surface area contributed by atoms with E-state index in [1.165, 1.54) is 6.08 Å². The first-order chi connectivity index (χ1) is 12.0. The SMILES string of the molecule is CN(C)c1ccc(/C=C2\C(=O)NC(=O)N(C[C@H]3CCCO3)C2=O)cc1. The maximum absolute atomic E-state index is 12.6. The molecule has 7 nitrogen and oxygen atoms in total. The van der Waals surface area contributed by atoms with E-state index in [1.807, 2.05) is 43.3 Å². The van der Waals surface area contributed by atoms with Crippen molar-refractivity contribution in [3.05, 3.63) is 35.4 Å². The summed E-state index contributed by atoms with van der Waals surface area (Å²) in [6, 6.07) is 6.75. The normalized spacial score (nSPS) is 22.5. The van der Waals surface area contributed by atoms with E-state index in [2.05, 4.69) is 5.32 Å². The van der Waals surface area contributed by atoms with Gasteiger partial charge in [-0.15, -0.1) is 0 Å². The molecule has 0 spiro atoms. The van der Waals surface area contributed by atoms with Crippen LogP contribution in [-0.4, -0.2) is 56.1 Å². The Morgan fingerprint density at radius 2 is 1.96 bits per heavy atom. The Labute approximate surface area is 146 Å². The molecule has 2 saturated heterocycles. The summed E-state index contributed by atoms with van der Waals surface area (Å²) >= 11 is 0. The molecule has 0 unspecified atom stereocenters. The van der Waals surface area contributed by atoms with Gasteiger partial charge in [-0.1, -0.05) is 12.1 Å². The third-order valence-corrected chi connectivity index (χ3v) is 4.32. The minimum Gasteiger partial charge on any atom is -0.378 e. The van der Waals surface area contributed by atoms with Gasteiger partial charge in [0.1, 0.15) is 5.57 Å². The monoisotopic (exact) mass is 343 g/mol. The van der Waals surface area contributed by atoms with Gasteiger partial charge in [0, 0.05) is 26.4 Å². The van der Waals surface area contributed by atoms with Crippen LogP contribution in [0.1, 0.15) is 18.4 Å². The van der Waals surface area contributed by atoms with Gasteiger partial charge in [0.15, 0.2) is 0 Å². The molecule has 3 rings (SSSR count). The molecule has 7 heteroatoms. The summed E-state index contributed by atoms with van der Waals surface area (Å²) < 4.78 is 5.49. The van der Waals surface area contributed by atoms with Crippen LogP contribution in [0, 0.1) is 0 Å². The molecule has 0 aromatic heterocycles. The van der Waals surface area contributed by atoms with Crippen LogP contribution in [0.3, 0.4) is 0 Å². The lowest BCUT2D eigenvalue weighted by molar-refractivity contribution is -0.131. The lowest BCUT2D eigenvalue weighted by Gasteiger charge is -2.28. The second-order valence-electron chi connectivity index (χ2n) is 6.35. The van der Waals surface area contributed by atoms with Crippen LogP contribution in [0.2, 0.25) is 0 Å². The zero-order valence-electron chi connectivity index (χ0n) is 14.3. The van der Waals surface area contributed by atoms with Crippen molar-refractivity contribution in [2.45, 2.75) is 18.9 Å². The number of carbonyl (C=O) groups is 3. The van der Waals surface area contributed by atoms with Gasteiger partial charge in [-0.3, -0.25) is 19.8 Å². The highest BCUT2D eigenvalue weighted by Crippen LogP contribution is 2.20. The first kappa shape index (κ1) is 17.2. The number of urea groups is 1. The first-order valence-corrected chi connectivity index (χ1v) is 8.23. The second kappa shape index (κ2) is 7.06. The third kappa shape index (κ3) is 3.71. The number of carbonyl (C=O) groups excluding carboxylic acids is 3. The summed E-state index contributed by atoms with van der Waals surface area (Å²) in [7, 11) is 3.86. The quantitative estimate of drug-likeness (QED) is 0.660. The van der Waals surface area contributed by atoms with Crippen LogP contribution < -0.4 is 10.2 Å². The molecule has 2 fully saturated rings. The van der Waals surface area contributed by atoms with E-state index in [1.54, 1.807) is 0 Å². The van der Waals surface area contributed by atoms with E-state index in [9.17, 15) is 14.4 Å². The fourth-order valence-corrected chi connectivity index (χ4v) is 2.89. The third-order valence-electron chi connectivity index (χ3n) is 4.32. The molecule has 2 aliphatic heterocycles. The Hall–Kier alpha value is -2.67. The first-order valence-electron chi connectivity index (χ1n) is 8.23. The highest BCUT2D eigenvalue weighted by Gasteiger charge is 2.37. The average Bonchev–Trinajstić information content (AvgIpc) is 3.09. The van der Waals surface area contributed by atoms with Crippen LogP contribution in [-0.2, 0) is 14.3 Å². The van der Waals surface area contributed by atoms with Gasteiger partial charge in [0.2, 0.25) is 0 Å². The summed E-state index contributed by atoms with van der Waals surface area (Å²) in [6.45, 7) is 0.795. The van der Waals surface area contributed by atoms with Crippen LogP contribution >= 0.6 is 0 Å². The number of amides is 4. The number of benzene rings is 1. The molecule has 2 aliphatic rings. The van der Waals surface area contributed by atoms with Crippen LogP contribution in [0.4, 0.5) is 10.5 Å². The van der Waals surface area contributed by atoms with Gasteiger partial charge >= 0.3 is 6.03 Å². The minimum atomic E-state index is -0.689. The maximum Gasteiger partial charge on any atom is 0.331 e.